The quantitative estimate of drug-likeness (QED) is 0.868. The van der Waals surface area contributed by atoms with Crippen LogP contribution in [0, 0.1) is 12.7 Å². The first-order valence-electron chi connectivity index (χ1n) is 7.40. The molecule has 0 aliphatic heterocycles. The molecule has 0 spiro atoms. The van der Waals surface area contributed by atoms with Crippen LogP contribution in [0.4, 0.5) is 9.18 Å². The molecular formula is C18H21FN2O. The Bertz CT molecular complexity index is 625. The minimum Gasteiger partial charge on any atom is -0.338 e. The van der Waals surface area contributed by atoms with Gasteiger partial charge in [-0.1, -0.05) is 36.4 Å². The summed E-state index contributed by atoms with van der Waals surface area (Å²) < 4.78 is 12.8. The van der Waals surface area contributed by atoms with Crippen molar-refractivity contribution in [2.24, 2.45) is 0 Å². The normalized spacial score (nSPS) is 11.8. The highest BCUT2D eigenvalue weighted by molar-refractivity contribution is 5.74. The van der Waals surface area contributed by atoms with Crippen molar-refractivity contribution in [3.8, 4) is 0 Å². The monoisotopic (exact) mass is 300 g/mol. The van der Waals surface area contributed by atoms with Crippen LogP contribution in [0.25, 0.3) is 0 Å². The Morgan fingerprint density at radius 1 is 1.14 bits per heavy atom. The Morgan fingerprint density at radius 2 is 1.82 bits per heavy atom. The van der Waals surface area contributed by atoms with Crippen LogP contribution in [0.5, 0.6) is 0 Å². The van der Waals surface area contributed by atoms with Crippen LogP contribution >= 0.6 is 0 Å². The zero-order valence-electron chi connectivity index (χ0n) is 12.9. The first-order valence-corrected chi connectivity index (χ1v) is 7.40. The molecule has 0 aromatic heterocycles. The fourth-order valence-electron chi connectivity index (χ4n) is 2.37. The number of benzene rings is 2. The lowest BCUT2D eigenvalue weighted by Crippen LogP contribution is -2.38. The Kier molecular flexibility index (Phi) is 5.53. The van der Waals surface area contributed by atoms with E-state index in [0.29, 0.717) is 13.0 Å². The number of hydrogen-bond donors (Lipinski definition) is 2. The van der Waals surface area contributed by atoms with Crippen LogP contribution in [0.15, 0.2) is 48.5 Å². The summed E-state index contributed by atoms with van der Waals surface area (Å²) in [6.45, 7) is 4.50. The van der Waals surface area contributed by atoms with E-state index >= 15 is 0 Å². The minimum atomic E-state index is -0.249. The average Bonchev–Trinajstić information content (AvgIpc) is 2.49. The molecule has 0 unspecified atom stereocenters. The Hall–Kier alpha value is -2.36. The minimum absolute atomic E-state index is 0.0491. The van der Waals surface area contributed by atoms with Crippen LogP contribution in [0.2, 0.25) is 0 Å². The molecule has 0 saturated carbocycles. The van der Waals surface area contributed by atoms with E-state index in [2.05, 4.69) is 10.6 Å². The van der Waals surface area contributed by atoms with Crippen molar-refractivity contribution in [3.05, 3.63) is 71.0 Å². The summed E-state index contributed by atoms with van der Waals surface area (Å²) in [6.07, 6.45) is 0.673. The molecule has 2 rings (SSSR count). The van der Waals surface area contributed by atoms with Gasteiger partial charge in [-0.2, -0.15) is 0 Å². The summed E-state index contributed by atoms with van der Waals surface area (Å²) in [5.74, 6) is -0.249. The number of hydrogen-bond acceptors (Lipinski definition) is 1. The molecule has 0 radical (unpaired) electrons. The number of urea groups is 1. The largest absolute Gasteiger partial charge is 0.338 e. The van der Waals surface area contributed by atoms with E-state index in [1.54, 1.807) is 12.1 Å². The average molecular weight is 300 g/mol. The maximum atomic E-state index is 12.8. The lowest BCUT2D eigenvalue weighted by molar-refractivity contribution is 0.238. The van der Waals surface area contributed by atoms with E-state index in [9.17, 15) is 9.18 Å². The molecule has 2 amide bonds. The zero-order valence-corrected chi connectivity index (χ0v) is 12.9. The van der Waals surface area contributed by atoms with Crippen LogP contribution in [0.3, 0.4) is 0 Å². The third kappa shape index (κ3) is 4.58. The molecule has 0 heterocycles. The number of nitrogens with one attached hydrogen (secondary N) is 2. The second-order valence-corrected chi connectivity index (χ2v) is 5.35. The van der Waals surface area contributed by atoms with Crippen molar-refractivity contribution < 1.29 is 9.18 Å². The predicted molar refractivity (Wildman–Crippen MR) is 86.2 cm³/mol. The van der Waals surface area contributed by atoms with Gasteiger partial charge in [0.2, 0.25) is 0 Å². The van der Waals surface area contributed by atoms with Crippen LogP contribution in [-0.2, 0) is 6.42 Å². The summed E-state index contributed by atoms with van der Waals surface area (Å²) in [7, 11) is 0. The smallest absolute Gasteiger partial charge is 0.315 e. The van der Waals surface area contributed by atoms with Crippen molar-refractivity contribution in [2.45, 2.75) is 26.3 Å². The molecule has 22 heavy (non-hydrogen) atoms. The SMILES string of the molecule is Cc1ccccc1[C@@H](C)NC(=O)NCCc1ccc(F)cc1. The molecule has 3 nitrogen and oxygen atoms in total. The van der Waals surface area contributed by atoms with Crippen LogP contribution in [-0.4, -0.2) is 12.6 Å². The molecular weight excluding hydrogens is 279 g/mol. The van der Waals surface area contributed by atoms with Gasteiger partial charge in [-0.25, -0.2) is 9.18 Å². The maximum absolute atomic E-state index is 12.8. The van der Waals surface area contributed by atoms with Crippen LogP contribution < -0.4 is 10.6 Å². The summed E-state index contributed by atoms with van der Waals surface area (Å²) in [4.78, 5) is 11.9. The highest BCUT2D eigenvalue weighted by Gasteiger charge is 2.10. The van der Waals surface area contributed by atoms with Gasteiger partial charge in [0.25, 0.3) is 0 Å². The van der Waals surface area contributed by atoms with Gasteiger partial charge in [0.15, 0.2) is 0 Å². The van der Waals surface area contributed by atoms with Crippen LogP contribution in [0.1, 0.15) is 29.7 Å². The fraction of sp³-hybridized carbons (Fsp3) is 0.278. The van der Waals surface area contributed by atoms with Gasteiger partial charge in [0.1, 0.15) is 5.82 Å². The van der Waals surface area contributed by atoms with Crippen molar-refractivity contribution in [2.75, 3.05) is 6.54 Å². The Morgan fingerprint density at radius 3 is 2.50 bits per heavy atom. The molecule has 0 saturated heterocycles. The van der Waals surface area contributed by atoms with Crippen molar-refractivity contribution in [1.82, 2.24) is 10.6 Å². The second kappa shape index (κ2) is 7.59. The maximum Gasteiger partial charge on any atom is 0.315 e. The van der Waals surface area contributed by atoms with Gasteiger partial charge in [-0.3, -0.25) is 0 Å². The molecule has 2 N–H and O–H groups in total. The molecule has 0 aliphatic rings. The van der Waals surface area contributed by atoms with Gasteiger partial charge in [0.05, 0.1) is 6.04 Å². The predicted octanol–water partition coefficient (Wildman–Crippen LogP) is 3.74. The van der Waals surface area contributed by atoms with Crippen molar-refractivity contribution in [1.29, 1.82) is 0 Å². The number of carbonyl (C=O) groups excluding carboxylic acids is 1. The molecule has 4 heteroatoms. The Labute approximate surface area is 130 Å². The number of aryl methyl sites for hydroxylation is 1. The number of halogens is 1. The van der Waals surface area contributed by atoms with Gasteiger partial charge in [0, 0.05) is 6.54 Å². The van der Waals surface area contributed by atoms with Gasteiger partial charge in [-0.15, -0.1) is 0 Å². The lowest BCUT2D eigenvalue weighted by atomic mass is 10.0. The highest BCUT2D eigenvalue weighted by Crippen LogP contribution is 2.16. The van der Waals surface area contributed by atoms with E-state index in [1.165, 1.54) is 12.1 Å². The molecule has 116 valence electrons. The number of carbonyl (C=O) groups is 1. The van der Waals surface area contributed by atoms with Gasteiger partial charge >= 0.3 is 6.03 Å². The topological polar surface area (TPSA) is 41.1 Å². The standard InChI is InChI=1S/C18H21FN2O/c1-13-5-3-4-6-17(13)14(2)21-18(22)20-12-11-15-7-9-16(19)10-8-15/h3-10,14H,11-12H2,1-2H3,(H2,20,21,22)/t14-/m1/s1. The number of rotatable bonds is 5. The van der Waals surface area contributed by atoms with E-state index in [0.717, 1.165) is 16.7 Å². The first-order chi connectivity index (χ1) is 10.6. The molecule has 2 aromatic carbocycles. The summed E-state index contributed by atoms with van der Waals surface area (Å²) in [5, 5.41) is 5.74. The van der Waals surface area contributed by atoms with Crippen molar-refractivity contribution in [3.63, 3.8) is 0 Å². The highest BCUT2D eigenvalue weighted by atomic mass is 19.1. The van der Waals surface area contributed by atoms with E-state index in [4.69, 9.17) is 0 Å². The van der Waals surface area contributed by atoms with Gasteiger partial charge < -0.3 is 10.6 Å². The van der Waals surface area contributed by atoms with Gasteiger partial charge in [-0.05, 0) is 49.1 Å². The number of amides is 2. The van der Waals surface area contributed by atoms with E-state index < -0.39 is 0 Å². The molecule has 0 aliphatic carbocycles. The first kappa shape index (κ1) is 16.0. The summed E-state index contributed by atoms with van der Waals surface area (Å²) >= 11 is 0. The lowest BCUT2D eigenvalue weighted by Gasteiger charge is -2.17. The molecule has 0 fully saturated rings. The Balaban J connectivity index is 1.78. The molecule has 1 atom stereocenters. The van der Waals surface area contributed by atoms with E-state index in [-0.39, 0.29) is 17.9 Å². The molecule has 2 aromatic rings. The third-order valence-electron chi connectivity index (χ3n) is 3.62. The third-order valence-corrected chi connectivity index (χ3v) is 3.62. The zero-order chi connectivity index (χ0) is 15.9. The van der Waals surface area contributed by atoms with E-state index in [1.807, 2.05) is 38.1 Å². The summed E-state index contributed by atoms with van der Waals surface area (Å²) in [5.41, 5.74) is 3.26. The fourth-order valence-corrected chi connectivity index (χ4v) is 2.37. The van der Waals surface area contributed by atoms with Crippen molar-refractivity contribution >= 4 is 6.03 Å². The summed E-state index contributed by atoms with van der Waals surface area (Å²) in [6, 6.07) is 14.0. The molecule has 0 bridgehead atoms. The second-order valence-electron chi connectivity index (χ2n) is 5.35.